The minimum Gasteiger partial charge on any atom is -0.455 e. The summed E-state index contributed by atoms with van der Waals surface area (Å²) in [5, 5.41) is 22.3. The number of anilines is 1. The number of ketones is 1. The molecule has 0 spiro atoms. The van der Waals surface area contributed by atoms with E-state index in [1.807, 2.05) is 36.4 Å². The number of benzene rings is 5. The van der Waals surface area contributed by atoms with Gasteiger partial charge in [0.1, 0.15) is 42.7 Å². The number of hydrogen-bond donors (Lipinski definition) is 4. The third kappa shape index (κ3) is 17.0. The van der Waals surface area contributed by atoms with E-state index in [1.54, 1.807) is 71.6 Å². The number of Topliss-reactive ketones (excluding diaryl/α,β-unsaturated/α-hetero) is 1. The van der Waals surface area contributed by atoms with Gasteiger partial charge >= 0.3 is 36.0 Å². The number of para-hydroxylation sites is 1. The molecule has 24 nitrogen and oxygen atoms in total. The molecule has 100 heavy (non-hydrogen) atoms. The molecule has 2 aliphatic heterocycles. The van der Waals surface area contributed by atoms with Crippen molar-refractivity contribution in [1.82, 2.24) is 16.0 Å². The lowest BCUT2D eigenvalue weighted by molar-refractivity contribution is -0.321. The van der Waals surface area contributed by atoms with Crippen LogP contribution in [0.25, 0.3) is 0 Å². The van der Waals surface area contributed by atoms with Crippen molar-refractivity contribution in [1.29, 1.82) is 0 Å². The summed E-state index contributed by atoms with van der Waals surface area (Å²) in [7, 11) is 0. The Morgan fingerprint density at radius 1 is 0.730 bits per heavy atom. The minimum absolute atomic E-state index is 0.00920. The molecule has 10 atom stereocenters. The summed E-state index contributed by atoms with van der Waals surface area (Å²) in [6.45, 7) is 10.8. The van der Waals surface area contributed by atoms with Gasteiger partial charge in [-0.25, -0.2) is 14.4 Å². The number of rotatable bonds is 27. The van der Waals surface area contributed by atoms with E-state index in [1.165, 1.54) is 70.2 Å². The number of fused-ring (bicyclic) bond motifs is 3. The highest BCUT2D eigenvalue weighted by molar-refractivity contribution is 5.97. The van der Waals surface area contributed by atoms with Gasteiger partial charge in [-0.1, -0.05) is 142 Å². The lowest BCUT2D eigenvalue weighted by Crippen LogP contribution is -2.75. The maximum Gasteiger partial charge on any atom is 0.508 e. The fourth-order valence-corrected chi connectivity index (χ4v) is 13.3. The van der Waals surface area contributed by atoms with Crippen LogP contribution in [0.5, 0.6) is 0 Å². The summed E-state index contributed by atoms with van der Waals surface area (Å²) in [5.41, 5.74) is -3.15. The van der Waals surface area contributed by atoms with Gasteiger partial charge in [0.05, 0.1) is 37.4 Å². The Morgan fingerprint density at radius 3 is 2.02 bits per heavy atom. The van der Waals surface area contributed by atoms with Crippen LogP contribution in [0.4, 0.5) is 10.5 Å². The molecule has 1 saturated heterocycles. The minimum atomic E-state index is -2.65. The monoisotopic (exact) mass is 1370 g/mol. The average molecular weight is 1370 g/mol. The molecule has 5 aromatic rings. The fourth-order valence-electron chi connectivity index (χ4n) is 13.3. The SMILES string of the molecule is C=CCOC(=O)O[C@@H]1C[C@H]([C@H](OC(=O)c2ccccc2)[C@]2(O)C[C@H](OC(=O)[C@H](OC(=O)CCC(=O)NCC(=O)NCCC(=O)N3Cc4ccccc4C#Cc4ccccc43)C(NC(=O)c3ccccc3)c3ccccc3)C(C)=C([C@@H](OC(C)=O)C(=O)CC)C2(C)C)[C@]2(OC(C)=O)CO[C@@H]2C1. The number of nitrogens with one attached hydrogen (secondary N) is 3. The summed E-state index contributed by atoms with van der Waals surface area (Å²) < 4.78 is 48.2. The van der Waals surface area contributed by atoms with E-state index in [4.69, 9.17) is 37.9 Å². The predicted molar refractivity (Wildman–Crippen MR) is 359 cm³/mol. The molecule has 0 bridgehead atoms. The largest absolute Gasteiger partial charge is 0.508 e. The van der Waals surface area contributed by atoms with Crippen molar-refractivity contribution in [2.24, 2.45) is 11.3 Å². The molecule has 9 rings (SSSR count). The second-order valence-electron chi connectivity index (χ2n) is 25.2. The van der Waals surface area contributed by atoms with Crippen molar-refractivity contribution < 1.29 is 95.7 Å². The first-order valence-electron chi connectivity index (χ1n) is 32.9. The molecule has 5 aromatic carbocycles. The Kier molecular flexibility index (Phi) is 24.0. The zero-order valence-electron chi connectivity index (χ0n) is 56.3. The second kappa shape index (κ2) is 32.7. The fraction of sp³-hybridized carbons (Fsp3) is 0.382. The highest BCUT2D eigenvalue weighted by atomic mass is 16.7. The number of hydrogen-bond acceptors (Lipinski definition) is 20. The summed E-state index contributed by atoms with van der Waals surface area (Å²) in [5.74, 6) is -3.50. The van der Waals surface area contributed by atoms with Crippen LogP contribution in [-0.4, -0.2) is 145 Å². The lowest BCUT2D eigenvalue weighted by Gasteiger charge is -2.61. The molecule has 0 aromatic heterocycles. The molecule has 1 saturated carbocycles. The molecule has 524 valence electrons. The first-order chi connectivity index (χ1) is 47.9. The van der Waals surface area contributed by atoms with Gasteiger partial charge in [-0.3, -0.25) is 38.4 Å². The molecule has 24 heteroatoms. The number of esters is 5. The van der Waals surface area contributed by atoms with E-state index < -0.39 is 151 Å². The van der Waals surface area contributed by atoms with Crippen LogP contribution in [0.15, 0.2) is 163 Å². The van der Waals surface area contributed by atoms with Gasteiger partial charge < -0.3 is 63.9 Å². The van der Waals surface area contributed by atoms with E-state index in [9.17, 15) is 53.1 Å². The van der Waals surface area contributed by atoms with Crippen LogP contribution in [0.2, 0.25) is 0 Å². The predicted octanol–water partition coefficient (Wildman–Crippen LogP) is 7.76. The quantitative estimate of drug-likeness (QED) is 0.0169. The summed E-state index contributed by atoms with van der Waals surface area (Å²) in [6, 6.07) is 36.6. The number of amides is 4. The second-order valence-corrected chi connectivity index (χ2v) is 25.2. The Hall–Kier alpha value is -10.8. The van der Waals surface area contributed by atoms with Crippen molar-refractivity contribution in [2.75, 3.05) is 31.2 Å². The van der Waals surface area contributed by atoms with Gasteiger partial charge in [0.15, 0.2) is 17.5 Å². The highest BCUT2D eigenvalue weighted by Crippen LogP contribution is 2.58. The molecule has 0 radical (unpaired) electrons. The average Bonchev–Trinajstić information content (AvgIpc) is 0.697. The van der Waals surface area contributed by atoms with Gasteiger partial charge in [0.2, 0.25) is 23.8 Å². The van der Waals surface area contributed by atoms with Gasteiger partial charge in [-0.2, -0.15) is 0 Å². The molecule has 4 N–H and O–H groups in total. The third-order valence-corrected chi connectivity index (χ3v) is 18.4. The summed E-state index contributed by atoms with van der Waals surface area (Å²) in [6.07, 6.45) is -12.4. The van der Waals surface area contributed by atoms with Crippen LogP contribution in [0, 0.1) is 23.2 Å². The zero-order chi connectivity index (χ0) is 71.9. The normalized spacial score (nSPS) is 21.2. The Balaban J connectivity index is 1.02. The van der Waals surface area contributed by atoms with Crippen LogP contribution >= 0.6 is 0 Å². The Labute approximate surface area is 578 Å². The number of carbonyl (C=O) groups is 11. The van der Waals surface area contributed by atoms with Gasteiger partial charge in [0.25, 0.3) is 5.91 Å². The molecular formula is C76H80N4O20. The van der Waals surface area contributed by atoms with Gasteiger partial charge in [-0.15, -0.1) is 0 Å². The first kappa shape index (κ1) is 73.5. The van der Waals surface area contributed by atoms with Crippen molar-refractivity contribution in [2.45, 2.75) is 147 Å². The van der Waals surface area contributed by atoms with Crippen LogP contribution in [0.1, 0.15) is 135 Å². The molecule has 4 amide bonds. The van der Waals surface area contributed by atoms with Crippen molar-refractivity contribution in [3.05, 3.63) is 197 Å². The Bertz CT molecular complexity index is 4010. The van der Waals surface area contributed by atoms with E-state index in [2.05, 4.69) is 34.4 Å². The maximum atomic E-state index is 15.8. The third-order valence-electron chi connectivity index (χ3n) is 18.4. The van der Waals surface area contributed by atoms with Crippen LogP contribution in [0.3, 0.4) is 0 Å². The van der Waals surface area contributed by atoms with Crippen molar-refractivity contribution in [3.63, 3.8) is 0 Å². The van der Waals surface area contributed by atoms with E-state index >= 15 is 4.79 Å². The summed E-state index contributed by atoms with van der Waals surface area (Å²) in [4.78, 5) is 155. The smallest absolute Gasteiger partial charge is 0.455 e. The van der Waals surface area contributed by atoms with Gasteiger partial charge in [0, 0.05) is 80.5 Å². The molecule has 2 heterocycles. The molecule has 2 aliphatic carbocycles. The molecule has 4 aliphatic rings. The number of nitrogens with zero attached hydrogens (tertiary/aromatic N) is 1. The topological polar surface area (TPSA) is 321 Å². The van der Waals surface area contributed by atoms with Crippen LogP contribution in [-0.2, 0) is 82.8 Å². The van der Waals surface area contributed by atoms with E-state index in [-0.39, 0.29) is 85.7 Å². The Morgan fingerprint density at radius 2 is 1.37 bits per heavy atom. The van der Waals surface area contributed by atoms with Crippen LogP contribution < -0.4 is 20.9 Å². The van der Waals surface area contributed by atoms with E-state index in [0.29, 0.717) is 11.3 Å². The molecular weight excluding hydrogens is 1290 g/mol. The van der Waals surface area contributed by atoms with E-state index in [0.717, 1.165) is 25.0 Å². The lowest BCUT2D eigenvalue weighted by atomic mass is 9.53. The number of ether oxygens (including phenoxy) is 8. The van der Waals surface area contributed by atoms with Crippen molar-refractivity contribution in [3.8, 4) is 11.8 Å². The number of carbonyl (C=O) groups excluding carboxylic acids is 11. The first-order valence-corrected chi connectivity index (χ1v) is 32.9. The van der Waals surface area contributed by atoms with Gasteiger partial charge in [-0.05, 0) is 78.1 Å². The maximum absolute atomic E-state index is 15.8. The van der Waals surface area contributed by atoms with Crippen molar-refractivity contribution >= 4 is 71.1 Å². The molecule has 2 fully saturated rings. The standard InChI is InChI=1S/C76H80N4O20/c1-8-39-93-73(91)96-55-40-56(75(100-48(5)82)45-94-60(75)41-55)69(99-71(89)53-29-17-12-18-30-53)76(92)42-59(46(3)65(74(76,6)7)67(58(83)9-2)95-47(4)81)97-72(90)68(66(51-25-13-10-14-26-51)79-70(88)52-27-15-11-16-28-52)98-64(87)36-35-61(84)78-43-62(85)77-38-37-63(86)80-44-54-31-20-19-23-49(54)33-34-50-24-21-22-32-57(50)80/h8,10-32,55-56,59-60,66-69,92H,1,9,35-45H2,2-7H3,(H,77,85)(H,78,84)(H,79,88)/t55-,56-,59+,60-,66?,67+,68-,69+,75-,76-/m1/s1. The summed E-state index contributed by atoms with van der Waals surface area (Å²) >= 11 is 0. The number of aliphatic hydroxyl groups is 1. The zero-order valence-corrected chi connectivity index (χ0v) is 56.3. The molecule has 1 unspecified atom stereocenters. The highest BCUT2D eigenvalue weighted by Gasteiger charge is 2.70.